The molecule has 144 valence electrons. The number of phenolic OH excluding ortho intramolecular Hbond substituents is 2. The molecule has 0 saturated carbocycles. The average molecular weight is 370 g/mol. The normalized spacial score (nSPS) is 13.4. The minimum atomic E-state index is -0.0816. The first-order valence-corrected chi connectivity index (χ1v) is 8.66. The van der Waals surface area contributed by atoms with E-state index in [4.69, 9.17) is 9.47 Å². The summed E-state index contributed by atoms with van der Waals surface area (Å²) in [5.41, 5.74) is 2.78. The SMILES string of the molecule is COc1ccc(C(C)=NCC(C)N=C(C)c2ccc(OC)cc2O)c(O)c1. The summed E-state index contributed by atoms with van der Waals surface area (Å²) in [6.45, 7) is 6.12. The van der Waals surface area contributed by atoms with Gasteiger partial charge in [-0.1, -0.05) is 0 Å². The van der Waals surface area contributed by atoms with Gasteiger partial charge in [-0.25, -0.2) is 0 Å². The van der Waals surface area contributed by atoms with Gasteiger partial charge in [0.05, 0.1) is 26.8 Å². The van der Waals surface area contributed by atoms with Gasteiger partial charge in [-0.3, -0.25) is 9.98 Å². The molecule has 0 aliphatic carbocycles. The summed E-state index contributed by atoms with van der Waals surface area (Å²) in [6, 6.07) is 10.2. The van der Waals surface area contributed by atoms with Crippen molar-refractivity contribution in [1.29, 1.82) is 0 Å². The van der Waals surface area contributed by atoms with Crippen LogP contribution < -0.4 is 9.47 Å². The number of methoxy groups -OCH3 is 2. The fourth-order valence-corrected chi connectivity index (χ4v) is 2.68. The van der Waals surface area contributed by atoms with E-state index in [0.29, 0.717) is 29.2 Å². The molecule has 0 bridgehead atoms. The zero-order valence-corrected chi connectivity index (χ0v) is 16.4. The number of hydrogen-bond donors (Lipinski definition) is 2. The van der Waals surface area contributed by atoms with Gasteiger partial charge >= 0.3 is 0 Å². The highest BCUT2D eigenvalue weighted by Gasteiger charge is 2.09. The van der Waals surface area contributed by atoms with Gasteiger partial charge < -0.3 is 19.7 Å². The summed E-state index contributed by atoms with van der Waals surface area (Å²) in [6.07, 6.45) is 0. The Bertz CT molecular complexity index is 859. The van der Waals surface area contributed by atoms with Crippen LogP contribution in [0.15, 0.2) is 46.4 Å². The highest BCUT2D eigenvalue weighted by Crippen LogP contribution is 2.25. The fourth-order valence-electron chi connectivity index (χ4n) is 2.68. The van der Waals surface area contributed by atoms with Crippen LogP contribution in [0.1, 0.15) is 31.9 Å². The van der Waals surface area contributed by atoms with Crippen molar-refractivity contribution in [3.05, 3.63) is 47.5 Å². The van der Waals surface area contributed by atoms with Crippen molar-refractivity contribution >= 4 is 11.4 Å². The maximum Gasteiger partial charge on any atom is 0.128 e. The number of nitrogens with zero attached hydrogens (tertiary/aromatic N) is 2. The van der Waals surface area contributed by atoms with E-state index in [0.717, 1.165) is 11.4 Å². The van der Waals surface area contributed by atoms with E-state index in [1.165, 1.54) is 0 Å². The van der Waals surface area contributed by atoms with Gasteiger partial charge in [0.25, 0.3) is 0 Å². The number of aromatic hydroxyl groups is 2. The molecular formula is C21H26N2O4. The molecule has 2 N–H and O–H groups in total. The molecule has 0 aliphatic heterocycles. The lowest BCUT2D eigenvalue weighted by Gasteiger charge is -2.10. The number of phenols is 2. The van der Waals surface area contributed by atoms with Gasteiger partial charge in [0.2, 0.25) is 0 Å². The van der Waals surface area contributed by atoms with Crippen molar-refractivity contribution in [2.24, 2.45) is 9.98 Å². The van der Waals surface area contributed by atoms with Crippen LogP contribution in [0.2, 0.25) is 0 Å². The third kappa shape index (κ3) is 5.23. The van der Waals surface area contributed by atoms with Crippen molar-refractivity contribution in [2.75, 3.05) is 20.8 Å². The number of aliphatic imine (C=N–C) groups is 2. The molecule has 2 rings (SSSR count). The van der Waals surface area contributed by atoms with Crippen LogP contribution in [0.4, 0.5) is 0 Å². The zero-order chi connectivity index (χ0) is 20.0. The lowest BCUT2D eigenvalue weighted by Crippen LogP contribution is -2.10. The third-order valence-corrected chi connectivity index (χ3v) is 4.20. The van der Waals surface area contributed by atoms with Crippen LogP contribution in [0.3, 0.4) is 0 Å². The van der Waals surface area contributed by atoms with Gasteiger partial charge in [-0.2, -0.15) is 0 Å². The Morgan fingerprint density at radius 1 is 0.889 bits per heavy atom. The Hall–Kier alpha value is -3.02. The Kier molecular flexibility index (Phi) is 6.82. The second-order valence-corrected chi connectivity index (χ2v) is 6.26. The molecule has 6 nitrogen and oxygen atoms in total. The molecule has 0 radical (unpaired) electrons. The minimum Gasteiger partial charge on any atom is -0.507 e. The first-order valence-electron chi connectivity index (χ1n) is 8.66. The molecule has 0 amide bonds. The van der Waals surface area contributed by atoms with Crippen molar-refractivity contribution in [3.8, 4) is 23.0 Å². The summed E-state index contributed by atoms with van der Waals surface area (Å²) in [4.78, 5) is 9.14. The molecule has 1 unspecified atom stereocenters. The predicted molar refractivity (Wildman–Crippen MR) is 108 cm³/mol. The summed E-state index contributed by atoms with van der Waals surface area (Å²) >= 11 is 0. The number of rotatable bonds is 7. The first kappa shape index (κ1) is 20.3. The molecule has 27 heavy (non-hydrogen) atoms. The molecule has 0 aliphatic rings. The van der Waals surface area contributed by atoms with Crippen molar-refractivity contribution in [1.82, 2.24) is 0 Å². The summed E-state index contributed by atoms with van der Waals surface area (Å²) in [5, 5.41) is 20.2. The van der Waals surface area contributed by atoms with Crippen LogP contribution in [-0.4, -0.2) is 48.4 Å². The van der Waals surface area contributed by atoms with Crippen molar-refractivity contribution in [3.63, 3.8) is 0 Å². The first-order chi connectivity index (χ1) is 12.8. The highest BCUT2D eigenvalue weighted by molar-refractivity contribution is 6.02. The number of hydrogen-bond acceptors (Lipinski definition) is 6. The Morgan fingerprint density at radius 3 is 1.81 bits per heavy atom. The number of benzene rings is 2. The monoisotopic (exact) mass is 370 g/mol. The molecular weight excluding hydrogens is 344 g/mol. The topological polar surface area (TPSA) is 83.6 Å². The van der Waals surface area contributed by atoms with Crippen LogP contribution in [0.25, 0.3) is 0 Å². The second kappa shape index (κ2) is 9.07. The van der Waals surface area contributed by atoms with Crippen molar-refractivity contribution in [2.45, 2.75) is 26.8 Å². The molecule has 0 fully saturated rings. The molecule has 0 saturated heterocycles. The minimum absolute atomic E-state index is 0.0816. The largest absolute Gasteiger partial charge is 0.507 e. The molecule has 0 spiro atoms. The van der Waals surface area contributed by atoms with Gasteiger partial charge in [0, 0.05) is 34.7 Å². The Balaban J connectivity index is 2.11. The van der Waals surface area contributed by atoms with Gasteiger partial charge in [0.15, 0.2) is 0 Å². The molecule has 2 aromatic rings. The van der Waals surface area contributed by atoms with Crippen LogP contribution in [0, 0.1) is 0 Å². The standard InChI is InChI=1S/C21H26N2O4/c1-13(23-15(3)19-9-7-17(27-5)11-21(19)25)12-22-14(2)18-8-6-16(26-4)10-20(18)24/h6-11,13,24-25H,12H2,1-5H3. The van der Waals surface area contributed by atoms with Crippen LogP contribution in [-0.2, 0) is 0 Å². The van der Waals surface area contributed by atoms with Gasteiger partial charge in [0.1, 0.15) is 23.0 Å². The summed E-state index contributed by atoms with van der Waals surface area (Å²) in [7, 11) is 3.11. The third-order valence-electron chi connectivity index (χ3n) is 4.20. The van der Waals surface area contributed by atoms with Crippen LogP contribution >= 0.6 is 0 Å². The summed E-state index contributed by atoms with van der Waals surface area (Å²) in [5.74, 6) is 1.45. The molecule has 1 atom stereocenters. The lowest BCUT2D eigenvalue weighted by atomic mass is 10.1. The molecule has 6 heteroatoms. The second-order valence-electron chi connectivity index (χ2n) is 6.26. The van der Waals surface area contributed by atoms with E-state index < -0.39 is 0 Å². The predicted octanol–water partition coefficient (Wildman–Crippen LogP) is 3.82. The van der Waals surface area contributed by atoms with E-state index in [1.807, 2.05) is 20.8 Å². The average Bonchev–Trinajstić information content (AvgIpc) is 2.65. The Morgan fingerprint density at radius 2 is 1.37 bits per heavy atom. The van der Waals surface area contributed by atoms with E-state index in [1.54, 1.807) is 50.6 Å². The van der Waals surface area contributed by atoms with E-state index in [-0.39, 0.29) is 17.5 Å². The van der Waals surface area contributed by atoms with E-state index in [9.17, 15) is 10.2 Å². The lowest BCUT2D eigenvalue weighted by molar-refractivity contribution is 0.407. The quantitative estimate of drug-likeness (QED) is 0.726. The van der Waals surface area contributed by atoms with Crippen molar-refractivity contribution < 1.29 is 19.7 Å². The van der Waals surface area contributed by atoms with E-state index >= 15 is 0 Å². The molecule has 2 aromatic carbocycles. The van der Waals surface area contributed by atoms with Crippen LogP contribution in [0.5, 0.6) is 23.0 Å². The van der Waals surface area contributed by atoms with Gasteiger partial charge in [-0.05, 0) is 45.0 Å². The summed E-state index contributed by atoms with van der Waals surface area (Å²) < 4.78 is 10.2. The maximum atomic E-state index is 10.1. The van der Waals surface area contributed by atoms with Gasteiger partial charge in [-0.15, -0.1) is 0 Å². The highest BCUT2D eigenvalue weighted by atomic mass is 16.5. The fraction of sp³-hybridized carbons (Fsp3) is 0.333. The Labute approximate surface area is 159 Å². The molecule has 0 heterocycles. The zero-order valence-electron chi connectivity index (χ0n) is 16.4. The molecule has 0 aromatic heterocycles. The smallest absolute Gasteiger partial charge is 0.128 e. The number of ether oxygens (including phenoxy) is 2. The van der Waals surface area contributed by atoms with E-state index in [2.05, 4.69) is 9.98 Å². The maximum absolute atomic E-state index is 10.1.